The first kappa shape index (κ1) is 8.01. The van der Waals surface area contributed by atoms with Gasteiger partial charge in [-0.05, 0) is 13.0 Å². The Hall–Kier alpha value is -1.09. The molecule has 0 aromatic carbocycles. The molecule has 3 N–H and O–H groups in total. The Labute approximate surface area is 69.7 Å². The number of rotatable bonds is 1. The molecule has 0 aliphatic rings. The highest BCUT2D eigenvalue weighted by Gasteiger charge is 2.06. The molecule has 0 spiro atoms. The molecule has 0 saturated carbocycles. The van der Waals surface area contributed by atoms with Crippen molar-refractivity contribution in [2.75, 3.05) is 5.73 Å². The summed E-state index contributed by atoms with van der Waals surface area (Å²) in [5.41, 5.74) is 6.91. The number of hydrogen-bond donors (Lipinski definition) is 2. The summed E-state index contributed by atoms with van der Waals surface area (Å²) >= 11 is 5.69. The molecule has 58 valence electrons. The van der Waals surface area contributed by atoms with Crippen LogP contribution in [0.4, 0.5) is 5.69 Å². The van der Waals surface area contributed by atoms with Crippen molar-refractivity contribution in [1.82, 2.24) is 4.98 Å². The van der Waals surface area contributed by atoms with Crippen LogP contribution in [0.2, 0.25) is 5.15 Å². The van der Waals surface area contributed by atoms with Crippen LogP contribution in [0.15, 0.2) is 12.3 Å². The van der Waals surface area contributed by atoms with E-state index >= 15 is 0 Å². The second-order valence-electron chi connectivity index (χ2n) is 2.19. The van der Waals surface area contributed by atoms with Gasteiger partial charge in [0.25, 0.3) is 0 Å². The summed E-state index contributed by atoms with van der Waals surface area (Å²) in [5.74, 6) is 0. The van der Waals surface area contributed by atoms with Crippen LogP contribution in [-0.2, 0) is 0 Å². The van der Waals surface area contributed by atoms with Gasteiger partial charge in [0, 0.05) is 17.6 Å². The number of nitrogens with two attached hydrogens (primary N) is 1. The normalized spacial score (nSPS) is 9.64. The quantitative estimate of drug-likeness (QED) is 0.497. The molecule has 0 radical (unpaired) electrons. The Bertz CT molecular complexity index is 275. The zero-order valence-electron chi connectivity index (χ0n) is 6.06. The van der Waals surface area contributed by atoms with Crippen molar-refractivity contribution in [3.63, 3.8) is 0 Å². The Balaban J connectivity index is 3.32. The number of nitrogens with zero attached hydrogens (tertiary/aromatic N) is 1. The third kappa shape index (κ3) is 1.49. The van der Waals surface area contributed by atoms with E-state index in [1.807, 2.05) is 0 Å². The maximum Gasteiger partial charge on any atom is 0.140 e. The number of pyridine rings is 1. The van der Waals surface area contributed by atoms with Gasteiger partial charge >= 0.3 is 0 Å². The van der Waals surface area contributed by atoms with Gasteiger partial charge in [-0.3, -0.25) is 0 Å². The SMILES string of the molecule is CC(=N)c1c(N)ccnc1Cl. The van der Waals surface area contributed by atoms with E-state index in [2.05, 4.69) is 4.98 Å². The first-order valence-corrected chi connectivity index (χ1v) is 3.46. The van der Waals surface area contributed by atoms with Gasteiger partial charge in [0.05, 0.1) is 5.56 Å². The van der Waals surface area contributed by atoms with Crippen LogP contribution >= 0.6 is 11.6 Å². The van der Waals surface area contributed by atoms with E-state index in [1.54, 1.807) is 13.0 Å². The lowest BCUT2D eigenvalue weighted by atomic mass is 10.2. The Morgan fingerprint density at radius 1 is 1.73 bits per heavy atom. The monoisotopic (exact) mass is 169 g/mol. The lowest BCUT2D eigenvalue weighted by Crippen LogP contribution is -2.01. The first-order chi connectivity index (χ1) is 5.13. The largest absolute Gasteiger partial charge is 0.398 e. The number of nitrogen functional groups attached to an aromatic ring is 1. The minimum Gasteiger partial charge on any atom is -0.398 e. The third-order valence-electron chi connectivity index (χ3n) is 1.31. The number of anilines is 1. The molecule has 0 fully saturated rings. The van der Waals surface area contributed by atoms with Crippen molar-refractivity contribution in [2.45, 2.75) is 6.92 Å². The highest BCUT2D eigenvalue weighted by atomic mass is 35.5. The topological polar surface area (TPSA) is 62.8 Å². The molecule has 3 nitrogen and oxygen atoms in total. The number of hydrogen-bond acceptors (Lipinski definition) is 3. The summed E-state index contributed by atoms with van der Waals surface area (Å²) in [6.07, 6.45) is 1.52. The summed E-state index contributed by atoms with van der Waals surface area (Å²) in [6.45, 7) is 1.62. The van der Waals surface area contributed by atoms with Crippen molar-refractivity contribution in [3.05, 3.63) is 23.0 Å². The molecule has 4 heteroatoms. The molecule has 0 bridgehead atoms. The Kier molecular flexibility index (Phi) is 2.10. The highest BCUT2D eigenvalue weighted by molar-refractivity contribution is 6.33. The molecule has 0 aliphatic carbocycles. The van der Waals surface area contributed by atoms with E-state index < -0.39 is 0 Å². The predicted octanol–water partition coefficient (Wildman–Crippen LogP) is 1.70. The standard InChI is InChI=1S/C7H8ClN3/c1-4(9)6-5(10)2-3-11-7(6)8/h2-3,9H,1H3,(H2,10,11). The number of nitrogens with one attached hydrogen (secondary N) is 1. The Morgan fingerprint density at radius 2 is 2.36 bits per heavy atom. The molecule has 0 amide bonds. The molecule has 0 atom stereocenters. The van der Waals surface area contributed by atoms with E-state index in [4.69, 9.17) is 22.7 Å². The van der Waals surface area contributed by atoms with Gasteiger partial charge in [-0.2, -0.15) is 0 Å². The summed E-state index contributed by atoms with van der Waals surface area (Å²) < 4.78 is 0. The fourth-order valence-electron chi connectivity index (χ4n) is 0.821. The van der Waals surface area contributed by atoms with Crippen molar-refractivity contribution in [3.8, 4) is 0 Å². The maximum atomic E-state index is 7.31. The average molecular weight is 170 g/mol. The molecule has 1 rings (SSSR count). The zero-order chi connectivity index (χ0) is 8.43. The van der Waals surface area contributed by atoms with Gasteiger partial charge in [0.2, 0.25) is 0 Å². The van der Waals surface area contributed by atoms with E-state index in [0.717, 1.165) is 0 Å². The maximum absolute atomic E-state index is 7.31. The van der Waals surface area contributed by atoms with Gasteiger partial charge in [-0.25, -0.2) is 4.98 Å². The zero-order valence-corrected chi connectivity index (χ0v) is 6.81. The highest BCUT2D eigenvalue weighted by Crippen LogP contribution is 2.18. The second kappa shape index (κ2) is 2.88. The van der Waals surface area contributed by atoms with Crippen LogP contribution in [0, 0.1) is 5.41 Å². The predicted molar refractivity (Wildman–Crippen MR) is 46.2 cm³/mol. The smallest absolute Gasteiger partial charge is 0.140 e. The van der Waals surface area contributed by atoms with Crippen LogP contribution < -0.4 is 5.73 Å². The van der Waals surface area contributed by atoms with Crippen LogP contribution in [-0.4, -0.2) is 10.7 Å². The van der Waals surface area contributed by atoms with Gasteiger partial charge in [0.1, 0.15) is 5.15 Å². The third-order valence-corrected chi connectivity index (χ3v) is 1.60. The number of halogens is 1. The molecule has 1 aromatic heterocycles. The molecule has 0 unspecified atom stereocenters. The summed E-state index contributed by atoms with van der Waals surface area (Å²) in [7, 11) is 0. The van der Waals surface area contributed by atoms with Crippen LogP contribution in [0.25, 0.3) is 0 Å². The van der Waals surface area contributed by atoms with Crippen molar-refractivity contribution >= 4 is 23.0 Å². The summed E-state index contributed by atoms with van der Waals surface area (Å²) in [6, 6.07) is 1.62. The Morgan fingerprint density at radius 3 is 2.73 bits per heavy atom. The van der Waals surface area contributed by atoms with Gasteiger partial charge < -0.3 is 11.1 Å². The average Bonchev–Trinajstić information content (AvgIpc) is 1.85. The fraction of sp³-hybridized carbons (Fsp3) is 0.143. The molecule has 0 saturated heterocycles. The fourth-order valence-corrected chi connectivity index (χ4v) is 1.13. The minimum atomic E-state index is 0.289. The number of aromatic nitrogens is 1. The molecular formula is C7H8ClN3. The van der Waals surface area contributed by atoms with Crippen LogP contribution in [0.3, 0.4) is 0 Å². The van der Waals surface area contributed by atoms with Gasteiger partial charge in [-0.1, -0.05) is 11.6 Å². The van der Waals surface area contributed by atoms with Gasteiger partial charge in [-0.15, -0.1) is 0 Å². The second-order valence-corrected chi connectivity index (χ2v) is 2.55. The molecule has 1 heterocycles. The lowest BCUT2D eigenvalue weighted by Gasteiger charge is -2.03. The van der Waals surface area contributed by atoms with Gasteiger partial charge in [0.15, 0.2) is 0 Å². The van der Waals surface area contributed by atoms with E-state index in [9.17, 15) is 0 Å². The molecule has 0 aliphatic heterocycles. The van der Waals surface area contributed by atoms with Crippen LogP contribution in [0.1, 0.15) is 12.5 Å². The molecule has 11 heavy (non-hydrogen) atoms. The summed E-state index contributed by atoms with van der Waals surface area (Å²) in [4.78, 5) is 3.81. The minimum absolute atomic E-state index is 0.289. The molecule has 1 aromatic rings. The van der Waals surface area contributed by atoms with E-state index in [1.165, 1.54) is 6.20 Å². The van der Waals surface area contributed by atoms with Crippen molar-refractivity contribution in [2.24, 2.45) is 0 Å². The van der Waals surface area contributed by atoms with E-state index in [-0.39, 0.29) is 5.15 Å². The lowest BCUT2D eigenvalue weighted by molar-refractivity contribution is 1.30. The van der Waals surface area contributed by atoms with E-state index in [0.29, 0.717) is 17.0 Å². The molecular weight excluding hydrogens is 162 g/mol. The van der Waals surface area contributed by atoms with Crippen molar-refractivity contribution < 1.29 is 0 Å². The summed E-state index contributed by atoms with van der Waals surface area (Å²) in [5, 5.41) is 7.60. The van der Waals surface area contributed by atoms with Crippen molar-refractivity contribution in [1.29, 1.82) is 5.41 Å². The first-order valence-electron chi connectivity index (χ1n) is 3.08. The van der Waals surface area contributed by atoms with Crippen LogP contribution in [0.5, 0.6) is 0 Å².